The number of unbranched alkanes of at least 4 members (excludes halogenated alkanes) is 1. The molecule has 0 saturated heterocycles. The van der Waals surface area contributed by atoms with E-state index in [1.807, 2.05) is 6.07 Å². The van der Waals surface area contributed by atoms with Gasteiger partial charge in [0.25, 0.3) is 0 Å². The van der Waals surface area contributed by atoms with Gasteiger partial charge in [-0.05, 0) is 43.2 Å². The first-order valence-electron chi connectivity index (χ1n) is 7.46. The molecule has 0 saturated carbocycles. The first-order valence-corrected chi connectivity index (χ1v) is 7.84. The lowest BCUT2D eigenvalue weighted by Crippen LogP contribution is -2.29. The van der Waals surface area contributed by atoms with Crippen LogP contribution in [0, 0.1) is 0 Å². The Morgan fingerprint density at radius 3 is 3.00 bits per heavy atom. The van der Waals surface area contributed by atoms with E-state index < -0.39 is 0 Å². The Bertz CT molecular complexity index is 627. The fourth-order valence-electron chi connectivity index (χ4n) is 2.90. The lowest BCUT2D eigenvalue weighted by molar-refractivity contribution is 0.297. The van der Waals surface area contributed by atoms with Gasteiger partial charge in [0.2, 0.25) is 0 Å². The number of fused-ring (bicyclic) bond motifs is 1. The van der Waals surface area contributed by atoms with Crippen molar-refractivity contribution in [1.29, 1.82) is 0 Å². The van der Waals surface area contributed by atoms with Gasteiger partial charge in [0, 0.05) is 40.8 Å². The summed E-state index contributed by atoms with van der Waals surface area (Å²) < 4.78 is 0. The highest BCUT2D eigenvalue weighted by Gasteiger charge is 2.15. The molecule has 2 heterocycles. The standard InChI is InChI=1S/C17H21ClN2/c1-2-3-8-20-9-6-13(7-10-20)16-12-19-17-5-4-14(18)11-15(16)17/h4-6,11-12,19H,2-3,7-10H2,1H3. The van der Waals surface area contributed by atoms with E-state index >= 15 is 0 Å². The number of halogens is 1. The summed E-state index contributed by atoms with van der Waals surface area (Å²) in [6.07, 6.45) is 8.19. The first kappa shape index (κ1) is 13.7. The maximum atomic E-state index is 6.13. The van der Waals surface area contributed by atoms with Gasteiger partial charge in [0.1, 0.15) is 0 Å². The summed E-state index contributed by atoms with van der Waals surface area (Å²) in [7, 11) is 0. The fourth-order valence-corrected chi connectivity index (χ4v) is 3.07. The van der Waals surface area contributed by atoms with Gasteiger partial charge in [-0.15, -0.1) is 0 Å². The van der Waals surface area contributed by atoms with E-state index in [4.69, 9.17) is 11.6 Å². The van der Waals surface area contributed by atoms with Crippen molar-refractivity contribution in [2.45, 2.75) is 26.2 Å². The molecule has 106 valence electrons. The Morgan fingerprint density at radius 2 is 2.25 bits per heavy atom. The molecule has 1 N–H and O–H groups in total. The Balaban J connectivity index is 1.82. The number of nitrogens with zero attached hydrogens (tertiary/aromatic N) is 1. The molecule has 0 spiro atoms. The zero-order valence-corrected chi connectivity index (χ0v) is 12.7. The summed E-state index contributed by atoms with van der Waals surface area (Å²) in [5.41, 5.74) is 3.93. The molecule has 1 aromatic heterocycles. The molecule has 1 aliphatic heterocycles. The minimum atomic E-state index is 0.805. The molecule has 0 aliphatic carbocycles. The molecular formula is C17H21ClN2. The molecule has 0 fully saturated rings. The largest absolute Gasteiger partial charge is 0.361 e. The van der Waals surface area contributed by atoms with Crippen molar-refractivity contribution in [1.82, 2.24) is 9.88 Å². The normalized spacial score (nSPS) is 16.6. The van der Waals surface area contributed by atoms with Crippen LogP contribution < -0.4 is 0 Å². The molecule has 2 nitrogen and oxygen atoms in total. The SMILES string of the molecule is CCCCN1CC=C(c2c[nH]c3ccc(Cl)cc23)CC1. The van der Waals surface area contributed by atoms with E-state index in [1.54, 1.807) is 0 Å². The Labute approximate surface area is 125 Å². The number of benzene rings is 1. The van der Waals surface area contributed by atoms with Crippen molar-refractivity contribution in [3.63, 3.8) is 0 Å². The molecule has 3 heteroatoms. The van der Waals surface area contributed by atoms with Crippen LogP contribution in [0.25, 0.3) is 16.5 Å². The second-order valence-corrected chi connectivity index (χ2v) is 5.96. The maximum Gasteiger partial charge on any atom is 0.0461 e. The molecular weight excluding hydrogens is 268 g/mol. The van der Waals surface area contributed by atoms with Crippen LogP contribution in [0.15, 0.2) is 30.5 Å². The molecule has 0 bridgehead atoms. The number of rotatable bonds is 4. The molecule has 20 heavy (non-hydrogen) atoms. The maximum absolute atomic E-state index is 6.13. The van der Waals surface area contributed by atoms with Crippen molar-refractivity contribution in [2.24, 2.45) is 0 Å². The highest BCUT2D eigenvalue weighted by Crippen LogP contribution is 2.30. The Morgan fingerprint density at radius 1 is 1.35 bits per heavy atom. The predicted octanol–water partition coefficient (Wildman–Crippen LogP) is 4.71. The molecule has 0 radical (unpaired) electrons. The number of nitrogens with one attached hydrogen (secondary N) is 1. The quantitative estimate of drug-likeness (QED) is 0.863. The second kappa shape index (κ2) is 6.02. The smallest absolute Gasteiger partial charge is 0.0461 e. The van der Waals surface area contributed by atoms with Gasteiger partial charge in [-0.3, -0.25) is 4.90 Å². The molecule has 3 rings (SSSR count). The van der Waals surface area contributed by atoms with Crippen molar-refractivity contribution >= 4 is 28.1 Å². The first-order chi connectivity index (χ1) is 9.78. The third-order valence-corrected chi connectivity index (χ3v) is 4.35. The molecule has 0 unspecified atom stereocenters. The second-order valence-electron chi connectivity index (χ2n) is 5.53. The van der Waals surface area contributed by atoms with Crippen LogP contribution in [-0.2, 0) is 0 Å². The van der Waals surface area contributed by atoms with Crippen LogP contribution in [0.3, 0.4) is 0 Å². The molecule has 1 aromatic carbocycles. The topological polar surface area (TPSA) is 19.0 Å². The van der Waals surface area contributed by atoms with E-state index in [0.29, 0.717) is 0 Å². The molecule has 0 amide bonds. The fraction of sp³-hybridized carbons (Fsp3) is 0.412. The Kier molecular flexibility index (Phi) is 4.13. The predicted molar refractivity (Wildman–Crippen MR) is 87.3 cm³/mol. The van der Waals surface area contributed by atoms with Gasteiger partial charge in [0.05, 0.1) is 0 Å². The third-order valence-electron chi connectivity index (χ3n) is 4.11. The minimum absolute atomic E-state index is 0.805. The van der Waals surface area contributed by atoms with Gasteiger partial charge in [0.15, 0.2) is 0 Å². The number of hydrogen-bond acceptors (Lipinski definition) is 1. The van der Waals surface area contributed by atoms with Crippen LogP contribution in [0.5, 0.6) is 0 Å². The molecule has 0 atom stereocenters. The molecule has 1 aliphatic rings. The summed E-state index contributed by atoms with van der Waals surface area (Å²) in [4.78, 5) is 5.88. The van der Waals surface area contributed by atoms with Crippen LogP contribution in [-0.4, -0.2) is 29.5 Å². The molecule has 2 aromatic rings. The minimum Gasteiger partial charge on any atom is -0.361 e. The van der Waals surface area contributed by atoms with Gasteiger partial charge >= 0.3 is 0 Å². The van der Waals surface area contributed by atoms with Gasteiger partial charge in [-0.25, -0.2) is 0 Å². The number of H-pyrrole nitrogens is 1. The summed E-state index contributed by atoms with van der Waals surface area (Å²) in [6.45, 7) is 5.71. The van der Waals surface area contributed by atoms with E-state index in [1.165, 1.54) is 48.0 Å². The highest BCUT2D eigenvalue weighted by atomic mass is 35.5. The van der Waals surface area contributed by atoms with Gasteiger partial charge in [-0.2, -0.15) is 0 Å². The summed E-state index contributed by atoms with van der Waals surface area (Å²) >= 11 is 6.13. The van der Waals surface area contributed by atoms with Crippen LogP contribution >= 0.6 is 11.6 Å². The summed E-state index contributed by atoms with van der Waals surface area (Å²) in [5, 5.41) is 2.05. The average Bonchev–Trinajstić information content (AvgIpc) is 2.88. The van der Waals surface area contributed by atoms with E-state index in [9.17, 15) is 0 Å². The van der Waals surface area contributed by atoms with Crippen LogP contribution in [0.2, 0.25) is 5.02 Å². The third kappa shape index (κ3) is 2.77. The summed E-state index contributed by atoms with van der Waals surface area (Å²) in [5.74, 6) is 0. The van der Waals surface area contributed by atoms with Gasteiger partial charge < -0.3 is 4.98 Å². The van der Waals surface area contributed by atoms with E-state index in [-0.39, 0.29) is 0 Å². The van der Waals surface area contributed by atoms with E-state index in [0.717, 1.165) is 18.0 Å². The van der Waals surface area contributed by atoms with Crippen molar-refractivity contribution in [3.8, 4) is 0 Å². The lowest BCUT2D eigenvalue weighted by Gasteiger charge is -2.26. The van der Waals surface area contributed by atoms with Crippen molar-refractivity contribution in [2.75, 3.05) is 19.6 Å². The zero-order chi connectivity index (χ0) is 13.9. The highest BCUT2D eigenvalue weighted by molar-refractivity contribution is 6.31. The number of aromatic nitrogens is 1. The monoisotopic (exact) mass is 288 g/mol. The van der Waals surface area contributed by atoms with Gasteiger partial charge in [-0.1, -0.05) is 31.0 Å². The lowest BCUT2D eigenvalue weighted by atomic mass is 9.99. The number of aromatic amines is 1. The van der Waals surface area contributed by atoms with Crippen molar-refractivity contribution < 1.29 is 0 Å². The number of hydrogen-bond donors (Lipinski definition) is 1. The zero-order valence-electron chi connectivity index (χ0n) is 12.0. The van der Waals surface area contributed by atoms with Crippen molar-refractivity contribution in [3.05, 3.63) is 41.1 Å². The average molecular weight is 289 g/mol. The summed E-state index contributed by atoms with van der Waals surface area (Å²) in [6, 6.07) is 6.05. The van der Waals surface area contributed by atoms with E-state index in [2.05, 4.69) is 41.2 Å². The Hall–Kier alpha value is -1.25. The van der Waals surface area contributed by atoms with Crippen LogP contribution in [0.4, 0.5) is 0 Å². The van der Waals surface area contributed by atoms with Crippen LogP contribution in [0.1, 0.15) is 31.7 Å².